The van der Waals surface area contributed by atoms with Gasteiger partial charge in [0, 0.05) is 12.1 Å². The van der Waals surface area contributed by atoms with Gasteiger partial charge >= 0.3 is 6.09 Å². The first kappa shape index (κ1) is 14.3. The van der Waals surface area contributed by atoms with Crippen molar-refractivity contribution in [3.63, 3.8) is 0 Å². The first-order chi connectivity index (χ1) is 7.90. The van der Waals surface area contributed by atoms with Crippen LogP contribution in [0, 0.1) is 0 Å². The molecule has 2 N–H and O–H groups in total. The maximum absolute atomic E-state index is 11.6. The molecule has 0 radical (unpaired) electrons. The lowest BCUT2D eigenvalue weighted by atomic mass is 10.1. The van der Waals surface area contributed by atoms with Crippen LogP contribution >= 0.6 is 0 Å². The van der Waals surface area contributed by atoms with Crippen LogP contribution in [0.2, 0.25) is 0 Å². The topological polar surface area (TPSA) is 50.4 Å². The Labute approximate surface area is 104 Å². The van der Waals surface area contributed by atoms with Crippen LogP contribution in [-0.4, -0.2) is 30.8 Å². The lowest BCUT2D eigenvalue weighted by Gasteiger charge is -2.23. The zero-order chi connectivity index (χ0) is 12.9. The summed E-state index contributed by atoms with van der Waals surface area (Å²) in [4.78, 5) is 11.6. The number of hydrogen-bond acceptors (Lipinski definition) is 3. The second-order valence-corrected chi connectivity index (χ2v) is 5.84. The summed E-state index contributed by atoms with van der Waals surface area (Å²) in [6.45, 7) is 5.66. The fraction of sp³-hybridized carbons (Fsp3) is 0.923. The summed E-state index contributed by atoms with van der Waals surface area (Å²) in [5.74, 6) is 0. The van der Waals surface area contributed by atoms with E-state index in [4.69, 9.17) is 4.74 Å². The van der Waals surface area contributed by atoms with E-state index in [9.17, 15) is 4.79 Å². The minimum atomic E-state index is -0.414. The van der Waals surface area contributed by atoms with Crippen LogP contribution in [0.5, 0.6) is 0 Å². The van der Waals surface area contributed by atoms with Crippen molar-refractivity contribution in [1.29, 1.82) is 0 Å². The third-order valence-corrected chi connectivity index (χ3v) is 3.10. The van der Waals surface area contributed by atoms with Crippen molar-refractivity contribution in [1.82, 2.24) is 10.6 Å². The Morgan fingerprint density at radius 3 is 2.29 bits per heavy atom. The number of ether oxygens (including phenoxy) is 1. The fourth-order valence-corrected chi connectivity index (χ4v) is 2.21. The average Bonchev–Trinajstić information content (AvgIpc) is 2.40. The molecule has 4 nitrogen and oxygen atoms in total. The van der Waals surface area contributed by atoms with E-state index in [2.05, 4.69) is 10.6 Å². The molecule has 1 fully saturated rings. The predicted octanol–water partition coefficient (Wildman–Crippen LogP) is 2.43. The van der Waals surface area contributed by atoms with E-state index in [1.54, 1.807) is 0 Å². The number of amides is 1. The molecule has 0 saturated heterocycles. The Balaban J connectivity index is 2.34. The predicted molar refractivity (Wildman–Crippen MR) is 69.1 cm³/mol. The maximum Gasteiger partial charge on any atom is 0.407 e. The summed E-state index contributed by atoms with van der Waals surface area (Å²) in [6.07, 6.45) is 5.28. The molecule has 0 aliphatic heterocycles. The molecule has 1 rings (SSSR count). The van der Waals surface area contributed by atoms with Gasteiger partial charge in [-0.2, -0.15) is 0 Å². The molecule has 0 spiro atoms. The van der Waals surface area contributed by atoms with E-state index in [1.165, 1.54) is 6.42 Å². The highest BCUT2D eigenvalue weighted by atomic mass is 16.6. The standard InChI is InChI=1S/C13H26N2O2/c1-13(2,3)17-12(16)15-11-7-5-6-10(14-4)8-9-11/h10-11,14H,5-9H2,1-4H3,(H,15,16). The smallest absolute Gasteiger partial charge is 0.407 e. The first-order valence-corrected chi connectivity index (χ1v) is 6.57. The molecular formula is C13H26N2O2. The van der Waals surface area contributed by atoms with Gasteiger partial charge < -0.3 is 15.4 Å². The lowest BCUT2D eigenvalue weighted by molar-refractivity contribution is 0.0499. The van der Waals surface area contributed by atoms with Crippen LogP contribution in [0.4, 0.5) is 4.79 Å². The number of carbonyl (C=O) groups is 1. The molecule has 4 heteroatoms. The van der Waals surface area contributed by atoms with Gasteiger partial charge in [0.05, 0.1) is 0 Å². The summed E-state index contributed by atoms with van der Waals surface area (Å²) < 4.78 is 5.27. The Morgan fingerprint density at radius 2 is 1.71 bits per heavy atom. The summed E-state index contributed by atoms with van der Waals surface area (Å²) in [5, 5.41) is 6.28. The van der Waals surface area contributed by atoms with Gasteiger partial charge in [0.25, 0.3) is 0 Å². The molecule has 0 aromatic heterocycles. The minimum absolute atomic E-state index is 0.267. The zero-order valence-corrected chi connectivity index (χ0v) is 11.5. The number of carbonyl (C=O) groups excluding carboxylic acids is 1. The van der Waals surface area contributed by atoms with E-state index < -0.39 is 5.60 Å². The maximum atomic E-state index is 11.6. The summed E-state index contributed by atoms with van der Waals surface area (Å²) in [5.41, 5.74) is -0.414. The van der Waals surface area contributed by atoms with Crippen molar-refractivity contribution in [3.05, 3.63) is 0 Å². The average molecular weight is 242 g/mol. The minimum Gasteiger partial charge on any atom is -0.444 e. The van der Waals surface area contributed by atoms with E-state index in [0.717, 1.165) is 25.7 Å². The van der Waals surface area contributed by atoms with Gasteiger partial charge in [-0.3, -0.25) is 0 Å². The monoisotopic (exact) mass is 242 g/mol. The largest absolute Gasteiger partial charge is 0.444 e. The quantitative estimate of drug-likeness (QED) is 0.731. The van der Waals surface area contributed by atoms with Gasteiger partial charge in [-0.05, 0) is 59.9 Å². The zero-order valence-electron chi connectivity index (χ0n) is 11.5. The van der Waals surface area contributed by atoms with E-state index in [0.29, 0.717) is 6.04 Å². The molecule has 1 amide bonds. The van der Waals surface area contributed by atoms with Crippen molar-refractivity contribution < 1.29 is 9.53 Å². The second kappa shape index (κ2) is 6.24. The van der Waals surface area contributed by atoms with Gasteiger partial charge in [-0.25, -0.2) is 4.79 Å². The fourth-order valence-electron chi connectivity index (χ4n) is 2.21. The first-order valence-electron chi connectivity index (χ1n) is 6.57. The van der Waals surface area contributed by atoms with E-state index >= 15 is 0 Å². The van der Waals surface area contributed by atoms with Crippen LogP contribution in [0.3, 0.4) is 0 Å². The third kappa shape index (κ3) is 5.91. The summed E-state index contributed by atoms with van der Waals surface area (Å²) >= 11 is 0. The normalized spacial score (nSPS) is 26.1. The molecule has 1 aliphatic rings. The molecule has 2 atom stereocenters. The SMILES string of the molecule is CNC1CCCC(NC(=O)OC(C)(C)C)CC1. The highest BCUT2D eigenvalue weighted by molar-refractivity contribution is 5.68. The molecule has 2 unspecified atom stereocenters. The number of hydrogen-bond donors (Lipinski definition) is 2. The highest BCUT2D eigenvalue weighted by Gasteiger charge is 2.22. The van der Waals surface area contributed by atoms with Crippen LogP contribution in [-0.2, 0) is 4.74 Å². The number of nitrogens with one attached hydrogen (secondary N) is 2. The molecule has 1 aliphatic carbocycles. The van der Waals surface area contributed by atoms with E-state index in [-0.39, 0.29) is 12.1 Å². The molecule has 0 bridgehead atoms. The van der Waals surface area contributed by atoms with Crippen molar-refractivity contribution >= 4 is 6.09 Å². The Morgan fingerprint density at radius 1 is 1.12 bits per heavy atom. The van der Waals surface area contributed by atoms with Crippen molar-refractivity contribution in [2.45, 2.75) is 70.6 Å². The summed E-state index contributed by atoms with van der Waals surface area (Å²) in [6, 6.07) is 0.864. The molecule has 0 heterocycles. The van der Waals surface area contributed by atoms with Gasteiger partial charge in [0.15, 0.2) is 0 Å². The lowest BCUT2D eigenvalue weighted by Crippen LogP contribution is -2.39. The van der Waals surface area contributed by atoms with Gasteiger partial charge in [-0.1, -0.05) is 0 Å². The molecule has 17 heavy (non-hydrogen) atoms. The van der Waals surface area contributed by atoms with Gasteiger partial charge in [0.2, 0.25) is 0 Å². The van der Waals surface area contributed by atoms with Gasteiger partial charge in [0.1, 0.15) is 5.60 Å². The Bertz CT molecular complexity index is 248. The number of alkyl carbamates (subject to hydrolysis) is 1. The van der Waals surface area contributed by atoms with Crippen LogP contribution in [0.15, 0.2) is 0 Å². The van der Waals surface area contributed by atoms with Crippen molar-refractivity contribution in [2.24, 2.45) is 0 Å². The highest BCUT2D eigenvalue weighted by Crippen LogP contribution is 2.18. The third-order valence-electron chi connectivity index (χ3n) is 3.10. The van der Waals surface area contributed by atoms with Crippen molar-refractivity contribution in [3.8, 4) is 0 Å². The molecule has 100 valence electrons. The molecule has 0 aromatic rings. The van der Waals surface area contributed by atoms with Crippen LogP contribution < -0.4 is 10.6 Å². The van der Waals surface area contributed by atoms with Gasteiger partial charge in [-0.15, -0.1) is 0 Å². The Hall–Kier alpha value is -0.770. The van der Waals surface area contributed by atoms with E-state index in [1.807, 2.05) is 27.8 Å². The van der Waals surface area contributed by atoms with Crippen LogP contribution in [0.25, 0.3) is 0 Å². The summed E-state index contributed by atoms with van der Waals surface area (Å²) in [7, 11) is 2.01. The van der Waals surface area contributed by atoms with Crippen molar-refractivity contribution in [2.75, 3.05) is 7.05 Å². The molecule has 0 aromatic carbocycles. The molecule has 1 saturated carbocycles. The Kier molecular flexibility index (Phi) is 5.25. The molecular weight excluding hydrogens is 216 g/mol. The second-order valence-electron chi connectivity index (χ2n) is 5.84. The van der Waals surface area contributed by atoms with Crippen LogP contribution in [0.1, 0.15) is 52.9 Å². The number of rotatable bonds is 2.